The smallest absolute Gasteiger partial charge is 0.306 e. The molecule has 0 heterocycles. The van der Waals surface area contributed by atoms with Gasteiger partial charge in [0.2, 0.25) is 0 Å². The van der Waals surface area contributed by atoms with Gasteiger partial charge in [-0.15, -0.1) is 0 Å². The molecule has 0 spiro atoms. The lowest BCUT2D eigenvalue weighted by Gasteiger charge is -2.14. The fourth-order valence-electron chi connectivity index (χ4n) is 1.99. The number of hydrogen-bond acceptors (Lipinski definition) is 4. The minimum absolute atomic E-state index is 0.0753. The van der Waals surface area contributed by atoms with Crippen molar-refractivity contribution in [2.24, 2.45) is 5.92 Å². The number of allylic oxidation sites excluding steroid dienone is 2. The van der Waals surface area contributed by atoms with Crippen LogP contribution in [0.5, 0.6) is 5.75 Å². The van der Waals surface area contributed by atoms with Crippen molar-refractivity contribution in [3.05, 3.63) is 41.5 Å². The van der Waals surface area contributed by atoms with Gasteiger partial charge in [0.15, 0.2) is 0 Å². The summed E-state index contributed by atoms with van der Waals surface area (Å²) >= 11 is 0. The van der Waals surface area contributed by atoms with E-state index in [1.165, 1.54) is 0 Å². The van der Waals surface area contributed by atoms with Crippen LogP contribution in [-0.4, -0.2) is 24.0 Å². The summed E-state index contributed by atoms with van der Waals surface area (Å²) in [6, 6.07) is 6.80. The van der Waals surface area contributed by atoms with Crippen LogP contribution < -0.4 is 0 Å². The van der Waals surface area contributed by atoms with Gasteiger partial charge in [0.25, 0.3) is 0 Å². The van der Waals surface area contributed by atoms with Crippen molar-refractivity contribution in [1.29, 1.82) is 0 Å². The number of rotatable bonds is 8. The Balaban J connectivity index is 2.39. The van der Waals surface area contributed by atoms with Gasteiger partial charge < -0.3 is 14.6 Å². The van der Waals surface area contributed by atoms with Crippen molar-refractivity contribution >= 4 is 12.3 Å². The zero-order valence-corrected chi connectivity index (χ0v) is 12.5. The lowest BCUT2D eigenvalue weighted by molar-refractivity contribution is -0.144. The Bertz CT molecular complexity index is 488. The molecule has 0 saturated heterocycles. The average molecular weight is 290 g/mol. The number of esters is 1. The Hall–Kier alpha value is -2.10. The summed E-state index contributed by atoms with van der Waals surface area (Å²) in [6.07, 6.45) is 3.92. The number of carbonyl (C=O) groups is 2. The molecule has 4 heteroatoms. The quantitative estimate of drug-likeness (QED) is 0.454. The molecule has 114 valence electrons. The summed E-state index contributed by atoms with van der Waals surface area (Å²) in [5, 5.41) is 9.18. The number of hydrogen-bond donors (Lipinski definition) is 1. The SMILES string of the molecule is C/C=C(/C)[C@@H](CC=O)CC(=O)OCCc1ccc(O)cc1. The maximum atomic E-state index is 11.8. The molecule has 0 bridgehead atoms. The highest BCUT2D eigenvalue weighted by atomic mass is 16.5. The van der Waals surface area contributed by atoms with E-state index < -0.39 is 0 Å². The highest BCUT2D eigenvalue weighted by molar-refractivity contribution is 5.70. The highest BCUT2D eigenvalue weighted by Gasteiger charge is 2.15. The lowest BCUT2D eigenvalue weighted by atomic mass is 9.94. The predicted octanol–water partition coefficient (Wildman–Crippen LogP) is 3.04. The molecule has 4 nitrogen and oxygen atoms in total. The van der Waals surface area contributed by atoms with Gasteiger partial charge in [-0.05, 0) is 37.5 Å². The van der Waals surface area contributed by atoms with Gasteiger partial charge in [0.05, 0.1) is 13.0 Å². The second-order valence-electron chi connectivity index (χ2n) is 4.97. The van der Waals surface area contributed by atoms with Gasteiger partial charge in [-0.3, -0.25) is 4.79 Å². The van der Waals surface area contributed by atoms with Crippen LogP contribution in [0, 0.1) is 5.92 Å². The third kappa shape index (κ3) is 6.25. The van der Waals surface area contributed by atoms with Crippen LogP contribution in [0.2, 0.25) is 0 Å². The number of phenols is 1. The molecule has 0 aliphatic heterocycles. The third-order valence-electron chi connectivity index (χ3n) is 3.48. The van der Waals surface area contributed by atoms with Gasteiger partial charge in [-0.2, -0.15) is 0 Å². The fraction of sp³-hybridized carbons (Fsp3) is 0.412. The second kappa shape index (κ2) is 8.95. The Kier molecular flexibility index (Phi) is 7.23. The standard InChI is InChI=1S/C17H22O4/c1-3-13(2)15(8-10-18)12-17(20)21-11-9-14-4-6-16(19)7-5-14/h3-7,10,15,19H,8-9,11-12H2,1-2H3/b13-3-/t15-/m0/s1. The molecule has 0 fully saturated rings. The monoisotopic (exact) mass is 290 g/mol. The van der Waals surface area contributed by atoms with E-state index in [0.717, 1.165) is 17.4 Å². The Morgan fingerprint density at radius 3 is 2.57 bits per heavy atom. The molecular formula is C17H22O4. The fourth-order valence-corrected chi connectivity index (χ4v) is 1.99. The molecule has 21 heavy (non-hydrogen) atoms. The molecular weight excluding hydrogens is 268 g/mol. The topological polar surface area (TPSA) is 63.6 Å². The van der Waals surface area contributed by atoms with Crippen LogP contribution in [0.4, 0.5) is 0 Å². The molecule has 1 N–H and O–H groups in total. The van der Waals surface area contributed by atoms with Crippen LogP contribution in [0.1, 0.15) is 32.3 Å². The highest BCUT2D eigenvalue weighted by Crippen LogP contribution is 2.18. The molecule has 0 radical (unpaired) electrons. The number of ether oxygens (including phenoxy) is 1. The molecule has 1 aromatic rings. The van der Waals surface area contributed by atoms with E-state index >= 15 is 0 Å². The molecule has 1 atom stereocenters. The van der Waals surface area contributed by atoms with Gasteiger partial charge in [-0.1, -0.05) is 23.8 Å². The minimum Gasteiger partial charge on any atom is -0.508 e. The van der Waals surface area contributed by atoms with Crippen molar-refractivity contribution in [2.75, 3.05) is 6.61 Å². The van der Waals surface area contributed by atoms with E-state index in [1.807, 2.05) is 19.9 Å². The van der Waals surface area contributed by atoms with E-state index in [1.54, 1.807) is 24.3 Å². The first-order valence-electron chi connectivity index (χ1n) is 7.06. The van der Waals surface area contributed by atoms with E-state index in [4.69, 9.17) is 4.74 Å². The normalized spacial score (nSPS) is 12.8. The van der Waals surface area contributed by atoms with Crippen LogP contribution in [0.3, 0.4) is 0 Å². The summed E-state index contributed by atoms with van der Waals surface area (Å²) in [5.41, 5.74) is 2.02. The summed E-state index contributed by atoms with van der Waals surface area (Å²) in [6.45, 7) is 4.10. The molecule has 0 saturated carbocycles. The number of aldehydes is 1. The van der Waals surface area contributed by atoms with E-state index in [0.29, 0.717) is 19.4 Å². The van der Waals surface area contributed by atoms with E-state index in [9.17, 15) is 14.7 Å². The van der Waals surface area contributed by atoms with E-state index in [2.05, 4.69) is 0 Å². The number of carbonyl (C=O) groups excluding carboxylic acids is 2. The third-order valence-corrected chi connectivity index (χ3v) is 3.48. The predicted molar refractivity (Wildman–Crippen MR) is 81.0 cm³/mol. The summed E-state index contributed by atoms with van der Waals surface area (Å²) in [7, 11) is 0. The van der Waals surface area contributed by atoms with Gasteiger partial charge >= 0.3 is 5.97 Å². The first-order valence-corrected chi connectivity index (χ1v) is 7.06. The van der Waals surface area contributed by atoms with Crippen molar-refractivity contribution in [3.63, 3.8) is 0 Å². The summed E-state index contributed by atoms with van der Waals surface area (Å²) in [5.74, 6) is -0.148. The van der Waals surface area contributed by atoms with Gasteiger partial charge in [0.1, 0.15) is 12.0 Å². The van der Waals surface area contributed by atoms with Gasteiger partial charge in [0, 0.05) is 12.8 Å². The lowest BCUT2D eigenvalue weighted by Crippen LogP contribution is -2.14. The Morgan fingerprint density at radius 2 is 2.00 bits per heavy atom. The zero-order chi connectivity index (χ0) is 15.7. The molecule has 0 unspecified atom stereocenters. The number of benzene rings is 1. The minimum atomic E-state index is -0.290. The Labute approximate surface area is 125 Å². The van der Waals surface area contributed by atoms with Crippen LogP contribution in [0.15, 0.2) is 35.9 Å². The van der Waals surface area contributed by atoms with Gasteiger partial charge in [-0.25, -0.2) is 0 Å². The van der Waals surface area contributed by atoms with Crippen molar-refractivity contribution in [3.8, 4) is 5.75 Å². The molecule has 0 aliphatic rings. The first kappa shape index (κ1) is 17.0. The second-order valence-corrected chi connectivity index (χ2v) is 4.97. The largest absolute Gasteiger partial charge is 0.508 e. The molecule has 0 aromatic heterocycles. The van der Waals surface area contributed by atoms with Crippen LogP contribution in [0.25, 0.3) is 0 Å². The molecule has 1 rings (SSSR count). The molecule has 0 aliphatic carbocycles. The molecule has 0 amide bonds. The van der Waals surface area contributed by atoms with Crippen LogP contribution in [-0.2, 0) is 20.7 Å². The van der Waals surface area contributed by atoms with Crippen molar-refractivity contribution in [1.82, 2.24) is 0 Å². The molecule has 1 aromatic carbocycles. The average Bonchev–Trinajstić information content (AvgIpc) is 2.48. The zero-order valence-electron chi connectivity index (χ0n) is 12.5. The maximum absolute atomic E-state index is 11.8. The van der Waals surface area contributed by atoms with Crippen molar-refractivity contribution in [2.45, 2.75) is 33.1 Å². The Morgan fingerprint density at radius 1 is 1.33 bits per heavy atom. The summed E-state index contributed by atoms with van der Waals surface area (Å²) in [4.78, 5) is 22.4. The number of phenolic OH excluding ortho intramolecular Hbond substituents is 1. The summed E-state index contributed by atoms with van der Waals surface area (Å²) < 4.78 is 5.20. The van der Waals surface area contributed by atoms with Crippen molar-refractivity contribution < 1.29 is 19.4 Å². The van der Waals surface area contributed by atoms with Crippen LogP contribution >= 0.6 is 0 Å². The first-order chi connectivity index (χ1) is 10.1. The maximum Gasteiger partial charge on any atom is 0.306 e. The van der Waals surface area contributed by atoms with E-state index in [-0.39, 0.29) is 24.1 Å². The number of aromatic hydroxyl groups is 1.